The molecule has 0 aliphatic carbocycles. The van der Waals surface area contributed by atoms with E-state index in [1.54, 1.807) is 42.2 Å². The van der Waals surface area contributed by atoms with Crippen molar-refractivity contribution < 1.29 is 15.0 Å². The molecule has 31 heavy (non-hydrogen) atoms. The molecule has 8 nitrogen and oxygen atoms in total. The number of nitrogens with one attached hydrogen (secondary N) is 2. The number of anilines is 3. The molecule has 0 radical (unpaired) electrons. The number of fused-ring (bicyclic) bond motifs is 1. The maximum Gasteiger partial charge on any atom is 0.247 e. The second-order valence-electron chi connectivity index (χ2n) is 6.02. The average Bonchev–Trinajstić information content (AvgIpc) is 3.23. The average molecular weight is 454 g/mol. The van der Waals surface area contributed by atoms with Crippen LogP contribution < -0.4 is 15.4 Å². The standard InChI is InChI=1S/C21H17N5O2S2.H2O/c1-3-17(27)23-13-5-4-6-15(11-13)28-20-19-16(9-10-30-19)25-21(26-20)24-14-7-8-18(29-2)22-12-14;/h3-12H,1H2,2H3,(H,23,27)(H,24,25,26);1H2. The van der Waals surface area contributed by atoms with E-state index in [1.807, 2.05) is 29.8 Å². The number of nitrogens with zero attached hydrogens (tertiary/aromatic N) is 3. The van der Waals surface area contributed by atoms with Crippen molar-refractivity contribution >= 4 is 56.5 Å². The van der Waals surface area contributed by atoms with Crippen molar-refractivity contribution in [3.63, 3.8) is 0 Å². The number of rotatable bonds is 7. The Hall–Kier alpha value is -3.47. The molecule has 4 aromatic rings. The fourth-order valence-corrected chi connectivity index (χ4v) is 3.73. The van der Waals surface area contributed by atoms with Crippen LogP contribution >= 0.6 is 23.1 Å². The Kier molecular flexibility index (Phi) is 7.19. The molecule has 1 aromatic carbocycles. The Morgan fingerprint density at radius 3 is 2.81 bits per heavy atom. The number of hydrogen-bond donors (Lipinski definition) is 2. The van der Waals surface area contributed by atoms with Crippen LogP contribution in [0.4, 0.5) is 17.3 Å². The first-order valence-corrected chi connectivity index (χ1v) is 11.0. The van der Waals surface area contributed by atoms with Crippen molar-refractivity contribution in [3.8, 4) is 11.6 Å². The molecule has 1 amide bonds. The highest BCUT2D eigenvalue weighted by atomic mass is 32.2. The van der Waals surface area contributed by atoms with E-state index in [0.717, 1.165) is 20.9 Å². The molecule has 4 N–H and O–H groups in total. The molecule has 4 rings (SSSR count). The van der Waals surface area contributed by atoms with Gasteiger partial charge in [-0.2, -0.15) is 4.98 Å². The molecule has 158 valence electrons. The van der Waals surface area contributed by atoms with Gasteiger partial charge in [-0.25, -0.2) is 9.97 Å². The van der Waals surface area contributed by atoms with Gasteiger partial charge in [-0.3, -0.25) is 4.79 Å². The van der Waals surface area contributed by atoms with Crippen LogP contribution in [0.3, 0.4) is 0 Å². The first-order valence-electron chi connectivity index (χ1n) is 8.88. The van der Waals surface area contributed by atoms with Crippen LogP contribution in [0.25, 0.3) is 10.2 Å². The van der Waals surface area contributed by atoms with Gasteiger partial charge in [0.2, 0.25) is 17.7 Å². The van der Waals surface area contributed by atoms with Crippen LogP contribution in [-0.4, -0.2) is 32.6 Å². The molecule has 0 unspecified atom stereocenters. The molecule has 0 aliphatic heterocycles. The molecule has 10 heteroatoms. The highest BCUT2D eigenvalue weighted by molar-refractivity contribution is 7.98. The number of pyridine rings is 1. The Labute approximate surface area is 186 Å². The first kappa shape index (κ1) is 22.2. The van der Waals surface area contributed by atoms with E-state index in [-0.39, 0.29) is 11.4 Å². The third kappa shape index (κ3) is 5.37. The lowest BCUT2D eigenvalue weighted by molar-refractivity contribution is -0.111. The fourth-order valence-electron chi connectivity index (χ4n) is 2.61. The predicted molar refractivity (Wildman–Crippen MR) is 126 cm³/mol. The van der Waals surface area contributed by atoms with Gasteiger partial charge < -0.3 is 20.8 Å². The van der Waals surface area contributed by atoms with Crippen LogP contribution in [0.15, 0.2) is 71.7 Å². The highest BCUT2D eigenvalue weighted by Crippen LogP contribution is 2.33. The molecule has 0 fully saturated rings. The van der Waals surface area contributed by atoms with Gasteiger partial charge in [0.1, 0.15) is 10.4 Å². The highest BCUT2D eigenvalue weighted by Gasteiger charge is 2.12. The van der Waals surface area contributed by atoms with Crippen LogP contribution in [0, 0.1) is 0 Å². The number of ether oxygens (including phenoxy) is 1. The molecule has 0 saturated carbocycles. The zero-order valence-corrected chi connectivity index (χ0v) is 18.1. The molecule has 3 aromatic heterocycles. The number of thiophene rings is 1. The number of thioether (sulfide) groups is 1. The molecular formula is C21H19N5O3S2. The van der Waals surface area contributed by atoms with Gasteiger partial charge in [0.05, 0.1) is 22.4 Å². The van der Waals surface area contributed by atoms with E-state index in [1.165, 1.54) is 17.4 Å². The van der Waals surface area contributed by atoms with E-state index < -0.39 is 0 Å². The molecular weight excluding hydrogens is 434 g/mol. The quantitative estimate of drug-likeness (QED) is 0.309. The van der Waals surface area contributed by atoms with Crippen molar-refractivity contribution in [3.05, 3.63) is 66.7 Å². The maximum absolute atomic E-state index is 11.5. The smallest absolute Gasteiger partial charge is 0.247 e. The Balaban J connectivity index is 0.00000272. The summed E-state index contributed by atoms with van der Waals surface area (Å²) in [7, 11) is 0. The first-order chi connectivity index (χ1) is 14.6. The van der Waals surface area contributed by atoms with Gasteiger partial charge >= 0.3 is 0 Å². The molecule has 3 heterocycles. The summed E-state index contributed by atoms with van der Waals surface area (Å²) in [4.78, 5) is 25.0. The summed E-state index contributed by atoms with van der Waals surface area (Å²) in [5, 5.41) is 8.75. The Morgan fingerprint density at radius 1 is 1.19 bits per heavy atom. The number of amides is 1. The summed E-state index contributed by atoms with van der Waals surface area (Å²) in [5.41, 5.74) is 2.16. The number of carbonyl (C=O) groups excluding carboxylic acids is 1. The lowest BCUT2D eigenvalue weighted by Gasteiger charge is -2.10. The minimum Gasteiger partial charge on any atom is -0.437 e. The van der Waals surface area contributed by atoms with Gasteiger partial charge in [-0.05, 0) is 48.0 Å². The largest absolute Gasteiger partial charge is 0.437 e. The zero-order chi connectivity index (χ0) is 20.9. The Bertz CT molecular complexity index is 1210. The minimum absolute atomic E-state index is 0. The summed E-state index contributed by atoms with van der Waals surface area (Å²) in [5.74, 6) is 1.09. The minimum atomic E-state index is -0.289. The van der Waals surface area contributed by atoms with Crippen molar-refractivity contribution in [2.75, 3.05) is 16.9 Å². The number of carbonyl (C=O) groups is 1. The molecule has 0 atom stereocenters. The van der Waals surface area contributed by atoms with Crippen molar-refractivity contribution in [2.45, 2.75) is 5.03 Å². The molecule has 0 aliphatic rings. The summed E-state index contributed by atoms with van der Waals surface area (Å²) in [6.45, 7) is 3.46. The van der Waals surface area contributed by atoms with E-state index in [4.69, 9.17) is 4.74 Å². The second-order valence-corrected chi connectivity index (χ2v) is 7.77. The van der Waals surface area contributed by atoms with E-state index in [9.17, 15) is 4.79 Å². The summed E-state index contributed by atoms with van der Waals surface area (Å²) in [6, 6.07) is 12.8. The topological polar surface area (TPSA) is 121 Å². The van der Waals surface area contributed by atoms with Crippen molar-refractivity contribution in [2.24, 2.45) is 0 Å². The SMILES string of the molecule is C=CC(=O)Nc1cccc(Oc2nc(Nc3ccc(SC)nc3)nc3ccsc23)c1.O. The Morgan fingerprint density at radius 2 is 2.06 bits per heavy atom. The number of benzene rings is 1. The van der Waals surface area contributed by atoms with Gasteiger partial charge in [-0.15, -0.1) is 23.1 Å². The molecule has 0 bridgehead atoms. The number of hydrogen-bond acceptors (Lipinski definition) is 8. The summed E-state index contributed by atoms with van der Waals surface area (Å²) < 4.78 is 6.87. The third-order valence-electron chi connectivity index (χ3n) is 3.98. The fraction of sp³-hybridized carbons (Fsp3) is 0.0476. The van der Waals surface area contributed by atoms with Crippen LogP contribution in [0.1, 0.15) is 0 Å². The van der Waals surface area contributed by atoms with E-state index in [0.29, 0.717) is 23.3 Å². The van der Waals surface area contributed by atoms with Crippen LogP contribution in [0.5, 0.6) is 11.6 Å². The predicted octanol–water partition coefficient (Wildman–Crippen LogP) is 4.64. The second kappa shape index (κ2) is 10.0. The van der Waals surface area contributed by atoms with Crippen molar-refractivity contribution in [1.82, 2.24) is 15.0 Å². The summed E-state index contributed by atoms with van der Waals surface area (Å²) >= 11 is 3.07. The van der Waals surface area contributed by atoms with E-state index >= 15 is 0 Å². The third-order valence-corrected chi connectivity index (χ3v) is 5.53. The van der Waals surface area contributed by atoms with Gasteiger partial charge in [0, 0.05) is 11.8 Å². The lowest BCUT2D eigenvalue weighted by atomic mass is 10.3. The van der Waals surface area contributed by atoms with Gasteiger partial charge in [0.15, 0.2) is 0 Å². The molecule has 0 saturated heterocycles. The van der Waals surface area contributed by atoms with E-state index in [2.05, 4.69) is 32.2 Å². The normalized spacial score (nSPS) is 10.2. The number of aromatic nitrogens is 3. The van der Waals surface area contributed by atoms with Crippen molar-refractivity contribution in [1.29, 1.82) is 0 Å². The monoisotopic (exact) mass is 453 g/mol. The van der Waals surface area contributed by atoms with Gasteiger partial charge in [-0.1, -0.05) is 12.6 Å². The van der Waals surface area contributed by atoms with Crippen LogP contribution in [-0.2, 0) is 4.79 Å². The van der Waals surface area contributed by atoms with Crippen LogP contribution in [0.2, 0.25) is 0 Å². The maximum atomic E-state index is 11.5. The lowest BCUT2D eigenvalue weighted by Crippen LogP contribution is -2.07. The molecule has 0 spiro atoms. The zero-order valence-electron chi connectivity index (χ0n) is 16.5. The van der Waals surface area contributed by atoms with Gasteiger partial charge in [0.25, 0.3) is 0 Å². The summed E-state index contributed by atoms with van der Waals surface area (Å²) in [6.07, 6.45) is 4.93.